The summed E-state index contributed by atoms with van der Waals surface area (Å²) in [6.45, 7) is 7.28. The van der Waals surface area contributed by atoms with E-state index in [1.54, 1.807) is 37.4 Å². The molecule has 1 fully saturated rings. The molecule has 7 heterocycles. The number of hydrogen-bond acceptors (Lipinski definition) is 13. The number of piperazine rings is 1. The topological polar surface area (TPSA) is 199 Å². The maximum Gasteiger partial charge on any atom is 0.347 e. The number of nitrogens with one attached hydrogen (secondary N) is 2. The van der Waals surface area contributed by atoms with Crippen LogP contribution in [0, 0.1) is 11.6 Å². The molecule has 3 aliphatic rings. The van der Waals surface area contributed by atoms with Crippen LogP contribution in [0.2, 0.25) is 0 Å². The molecule has 0 radical (unpaired) electrons. The molecule has 62 heavy (non-hydrogen) atoms. The molecule has 2 aromatic carbocycles. The van der Waals surface area contributed by atoms with Crippen molar-refractivity contribution in [1.29, 1.82) is 0 Å². The van der Waals surface area contributed by atoms with E-state index in [0.29, 0.717) is 59.6 Å². The Morgan fingerprint density at radius 1 is 0.758 bits per heavy atom. The van der Waals surface area contributed by atoms with Crippen molar-refractivity contribution in [3.05, 3.63) is 127 Å². The molecule has 9 rings (SSSR count). The Morgan fingerprint density at radius 2 is 1.24 bits per heavy atom. The predicted octanol–water partition coefficient (Wildman–Crippen LogP) is 3.26. The smallest absolute Gasteiger partial charge is 0.347 e. The number of hydrogen-bond donors (Lipinski definition) is 4. The summed E-state index contributed by atoms with van der Waals surface area (Å²) in [6, 6.07) is 12.1. The average Bonchev–Trinajstić information content (AvgIpc) is 3.27. The lowest BCUT2D eigenvalue weighted by Crippen LogP contribution is -2.46. The van der Waals surface area contributed by atoms with Gasteiger partial charge < -0.3 is 35.1 Å². The summed E-state index contributed by atoms with van der Waals surface area (Å²) >= 11 is 0. The minimum absolute atomic E-state index is 0.0775. The first-order valence-corrected chi connectivity index (χ1v) is 20.2. The zero-order chi connectivity index (χ0) is 43.5. The third-order valence-corrected chi connectivity index (χ3v) is 10.9. The quantitative estimate of drug-likeness (QED) is 0.147. The number of nitrogens with zero attached hydrogens (tertiary/aromatic N) is 5. The van der Waals surface area contributed by atoms with E-state index in [1.165, 1.54) is 39.6 Å². The van der Waals surface area contributed by atoms with Crippen LogP contribution in [0.15, 0.2) is 70.5 Å². The van der Waals surface area contributed by atoms with Gasteiger partial charge in [-0.25, -0.2) is 13.6 Å². The fourth-order valence-electron chi connectivity index (χ4n) is 7.87. The van der Waals surface area contributed by atoms with Crippen molar-refractivity contribution < 1.29 is 42.8 Å². The minimum atomic E-state index is -0.888. The molecule has 16 nitrogen and oxygen atoms in total. The summed E-state index contributed by atoms with van der Waals surface area (Å²) in [6.07, 6.45) is 3.91. The van der Waals surface area contributed by atoms with Gasteiger partial charge in [-0.1, -0.05) is 24.3 Å². The van der Waals surface area contributed by atoms with E-state index in [9.17, 15) is 38.2 Å². The van der Waals surface area contributed by atoms with E-state index in [-0.39, 0.29) is 61.1 Å². The summed E-state index contributed by atoms with van der Waals surface area (Å²) in [5.41, 5.74) is 2.08. The minimum Gasteiger partial charge on any atom is -0.505 e. The van der Waals surface area contributed by atoms with Crippen LogP contribution in [-0.4, -0.2) is 105 Å². The fraction of sp³-hybridized carbons (Fsp3) is 0.318. The summed E-state index contributed by atoms with van der Waals surface area (Å²) < 4.78 is 45.8. The molecule has 6 aromatic rings. The SMILES string of the molecule is CCOC(=O)c1c(O)c2ncc(Cc3ccc(F)cc3)c3c2n(c1=O)CCO3.O=C(NCCN1CCNCC1)c1c(O)c2ncc(Cc3ccc(F)cc3)c3c2n(c1=O)CCO3. The number of carbonyl (C=O) groups is 2. The van der Waals surface area contributed by atoms with Gasteiger partial charge in [0.05, 0.1) is 19.7 Å². The first kappa shape index (κ1) is 41.8. The second-order valence-corrected chi connectivity index (χ2v) is 14.9. The number of aromatic hydroxyl groups is 2. The summed E-state index contributed by atoms with van der Waals surface area (Å²) in [7, 11) is 0. The number of halogens is 2. The fourth-order valence-corrected chi connectivity index (χ4v) is 7.87. The molecule has 4 aromatic heterocycles. The van der Waals surface area contributed by atoms with E-state index in [0.717, 1.165) is 37.3 Å². The number of benzene rings is 2. The van der Waals surface area contributed by atoms with E-state index >= 15 is 0 Å². The molecule has 322 valence electrons. The lowest BCUT2D eigenvalue weighted by atomic mass is 10.0. The molecule has 0 spiro atoms. The van der Waals surface area contributed by atoms with Crippen molar-refractivity contribution in [2.75, 3.05) is 59.1 Å². The van der Waals surface area contributed by atoms with Crippen LogP contribution in [0.4, 0.5) is 8.78 Å². The Bertz CT molecular complexity index is 2810. The normalized spacial score (nSPS) is 14.4. The molecule has 0 aliphatic carbocycles. The van der Waals surface area contributed by atoms with Crippen molar-refractivity contribution in [1.82, 2.24) is 34.6 Å². The Labute approximate surface area is 352 Å². The third kappa shape index (κ3) is 8.25. The van der Waals surface area contributed by atoms with Crippen molar-refractivity contribution in [2.24, 2.45) is 0 Å². The maximum absolute atomic E-state index is 13.3. The van der Waals surface area contributed by atoms with Crippen LogP contribution < -0.4 is 31.2 Å². The zero-order valence-corrected chi connectivity index (χ0v) is 33.7. The van der Waals surface area contributed by atoms with Gasteiger partial charge in [0.1, 0.15) is 52.5 Å². The summed E-state index contributed by atoms with van der Waals surface area (Å²) in [4.78, 5) is 61.9. The van der Waals surface area contributed by atoms with Crippen LogP contribution in [0.3, 0.4) is 0 Å². The average molecular weight is 852 g/mol. The third-order valence-electron chi connectivity index (χ3n) is 10.9. The monoisotopic (exact) mass is 851 g/mol. The van der Waals surface area contributed by atoms with Gasteiger partial charge in [0, 0.05) is 75.6 Å². The second kappa shape index (κ2) is 18.0. The molecule has 1 saturated heterocycles. The number of esters is 1. The predicted molar refractivity (Wildman–Crippen MR) is 222 cm³/mol. The van der Waals surface area contributed by atoms with E-state index in [1.807, 2.05) is 0 Å². The van der Waals surface area contributed by atoms with Gasteiger partial charge in [-0.2, -0.15) is 0 Å². The molecular formula is C44H43F2N7O9. The number of pyridine rings is 4. The van der Waals surface area contributed by atoms with Crippen LogP contribution in [0.5, 0.6) is 23.0 Å². The number of ether oxygens (including phenoxy) is 3. The number of carbonyl (C=O) groups excluding carboxylic acids is 2. The molecular weight excluding hydrogens is 809 g/mol. The zero-order valence-electron chi connectivity index (χ0n) is 33.7. The van der Waals surface area contributed by atoms with E-state index < -0.39 is 40.1 Å². The Hall–Kier alpha value is -6.92. The van der Waals surface area contributed by atoms with Crippen molar-refractivity contribution in [2.45, 2.75) is 32.9 Å². The van der Waals surface area contributed by atoms with Crippen molar-refractivity contribution in [3.8, 4) is 23.0 Å². The Kier molecular flexibility index (Phi) is 12.1. The number of rotatable bonds is 10. The van der Waals surface area contributed by atoms with Gasteiger partial charge in [0.15, 0.2) is 28.6 Å². The molecule has 1 amide bonds. The van der Waals surface area contributed by atoms with E-state index in [2.05, 4.69) is 25.5 Å². The van der Waals surface area contributed by atoms with Crippen molar-refractivity contribution in [3.63, 3.8) is 0 Å². The largest absolute Gasteiger partial charge is 0.505 e. The molecule has 4 N–H and O–H groups in total. The van der Waals surface area contributed by atoms with Gasteiger partial charge in [-0.05, 0) is 42.3 Å². The van der Waals surface area contributed by atoms with Gasteiger partial charge in [0.2, 0.25) is 0 Å². The molecule has 0 bridgehead atoms. The maximum atomic E-state index is 13.3. The molecule has 18 heteroatoms. The van der Waals surface area contributed by atoms with Crippen LogP contribution in [-0.2, 0) is 30.7 Å². The lowest BCUT2D eigenvalue weighted by molar-refractivity contribution is 0.0520. The second-order valence-electron chi connectivity index (χ2n) is 14.9. The molecule has 3 aliphatic heterocycles. The number of aromatic nitrogens is 4. The standard InChI is InChI=1S/C24H26FN5O4.C20H17FN2O5/c25-17-3-1-15(2-4-17)13-16-14-28-19-20-22(16)34-12-11-30(20)24(33)18(21(19)31)23(32)27-7-10-29-8-5-26-6-9-29;1-2-27-20(26)14-17(24)15-16-18(28-8-7-23(16)19(14)25)12(10-22-15)9-11-3-5-13(21)6-4-11/h1-4,14,26,31H,5-13H2,(H,27,32);3-6,10,24H,2,7-9H2,1H3. The first-order chi connectivity index (χ1) is 30.0. The molecule has 0 atom stereocenters. The Balaban J connectivity index is 0.000000174. The van der Waals surface area contributed by atoms with Gasteiger partial charge in [-0.3, -0.25) is 38.4 Å². The highest BCUT2D eigenvalue weighted by atomic mass is 19.1. The molecule has 0 saturated carbocycles. The van der Waals surface area contributed by atoms with Crippen LogP contribution in [0.25, 0.3) is 22.1 Å². The highest BCUT2D eigenvalue weighted by Crippen LogP contribution is 2.38. The summed E-state index contributed by atoms with van der Waals surface area (Å²) in [5, 5.41) is 27.4. The van der Waals surface area contributed by atoms with Gasteiger partial charge >= 0.3 is 5.97 Å². The summed E-state index contributed by atoms with van der Waals surface area (Å²) in [5.74, 6) is -2.26. The Morgan fingerprint density at radius 3 is 1.74 bits per heavy atom. The van der Waals surface area contributed by atoms with Gasteiger partial charge in [0.25, 0.3) is 17.0 Å². The first-order valence-electron chi connectivity index (χ1n) is 20.2. The van der Waals surface area contributed by atoms with Crippen LogP contribution >= 0.6 is 0 Å². The lowest BCUT2D eigenvalue weighted by Gasteiger charge is -2.27. The highest BCUT2D eigenvalue weighted by Gasteiger charge is 2.30. The number of amides is 1. The van der Waals surface area contributed by atoms with Gasteiger partial charge in [-0.15, -0.1) is 0 Å². The highest BCUT2D eigenvalue weighted by molar-refractivity contribution is 6.02. The van der Waals surface area contributed by atoms with E-state index in [4.69, 9.17) is 14.2 Å². The van der Waals surface area contributed by atoms with Crippen LogP contribution in [0.1, 0.15) is 49.9 Å². The molecule has 0 unspecified atom stereocenters. The van der Waals surface area contributed by atoms with Crippen molar-refractivity contribution >= 4 is 33.9 Å².